The molecule has 0 radical (unpaired) electrons. The summed E-state index contributed by atoms with van der Waals surface area (Å²) in [5, 5.41) is 2.67. The summed E-state index contributed by atoms with van der Waals surface area (Å²) in [7, 11) is 0. The van der Waals surface area contributed by atoms with Crippen molar-refractivity contribution in [2.45, 2.75) is 33.6 Å². The Balaban J connectivity index is 2.25. The van der Waals surface area contributed by atoms with Crippen molar-refractivity contribution in [1.82, 2.24) is 0 Å². The second-order valence-corrected chi connectivity index (χ2v) is 4.96. The Kier molecular flexibility index (Phi) is 7.18. The summed E-state index contributed by atoms with van der Waals surface area (Å²) in [5.74, 6) is 0. The van der Waals surface area contributed by atoms with Gasteiger partial charge in [-0.2, -0.15) is 0 Å². The molecule has 1 aromatic carbocycles. The van der Waals surface area contributed by atoms with Gasteiger partial charge in [0.15, 0.2) is 0 Å². The lowest BCUT2D eigenvalue weighted by atomic mass is 10.1. The third-order valence-corrected chi connectivity index (χ3v) is 2.76. The van der Waals surface area contributed by atoms with Gasteiger partial charge in [-0.1, -0.05) is 35.4 Å². The fourth-order valence-corrected chi connectivity index (χ4v) is 1.63. The smallest absolute Gasteiger partial charge is 0.411 e. The van der Waals surface area contributed by atoms with Gasteiger partial charge in [-0.3, -0.25) is 5.32 Å². The lowest BCUT2D eigenvalue weighted by Crippen LogP contribution is -2.13. The molecule has 0 aromatic heterocycles. The maximum atomic E-state index is 11.5. The number of hydrogen-bond donors (Lipinski definition) is 1. The SMILES string of the molecule is CC(C)=CCC/C(C)=C/COC(=O)Nc1ccccc1. The van der Waals surface area contributed by atoms with Crippen molar-refractivity contribution in [2.75, 3.05) is 11.9 Å². The summed E-state index contributed by atoms with van der Waals surface area (Å²) in [4.78, 5) is 11.5. The van der Waals surface area contributed by atoms with E-state index in [1.807, 2.05) is 36.4 Å². The molecule has 1 aromatic rings. The molecule has 1 rings (SSSR count). The van der Waals surface area contributed by atoms with Crippen LogP contribution in [-0.2, 0) is 4.74 Å². The van der Waals surface area contributed by atoms with Gasteiger partial charge >= 0.3 is 6.09 Å². The van der Waals surface area contributed by atoms with Gasteiger partial charge in [0.2, 0.25) is 0 Å². The van der Waals surface area contributed by atoms with Crippen molar-refractivity contribution in [3.63, 3.8) is 0 Å². The molecule has 3 nitrogen and oxygen atoms in total. The van der Waals surface area contributed by atoms with E-state index in [0.717, 1.165) is 18.5 Å². The monoisotopic (exact) mass is 273 g/mol. The molecule has 0 aliphatic heterocycles. The Labute approximate surface area is 121 Å². The Morgan fingerprint density at radius 2 is 1.85 bits per heavy atom. The van der Waals surface area contributed by atoms with Crippen LogP contribution in [0, 0.1) is 0 Å². The standard InChI is InChI=1S/C17H23NO2/c1-14(2)8-7-9-15(3)12-13-20-17(19)18-16-10-5-4-6-11-16/h4-6,8,10-12H,7,9,13H2,1-3H3,(H,18,19)/b15-12+. The van der Waals surface area contributed by atoms with Crippen LogP contribution in [0.15, 0.2) is 53.6 Å². The summed E-state index contributed by atoms with van der Waals surface area (Å²) < 4.78 is 5.10. The molecule has 0 heterocycles. The van der Waals surface area contributed by atoms with Crippen LogP contribution in [0.2, 0.25) is 0 Å². The molecule has 0 saturated carbocycles. The van der Waals surface area contributed by atoms with Crippen LogP contribution in [0.3, 0.4) is 0 Å². The first kappa shape index (κ1) is 16.0. The summed E-state index contributed by atoms with van der Waals surface area (Å²) in [6.07, 6.45) is 5.75. The minimum Gasteiger partial charge on any atom is -0.445 e. The Bertz CT molecular complexity index is 471. The van der Waals surface area contributed by atoms with E-state index >= 15 is 0 Å². The van der Waals surface area contributed by atoms with E-state index in [4.69, 9.17) is 4.74 Å². The predicted octanol–water partition coefficient (Wildman–Crippen LogP) is 4.93. The first-order valence-corrected chi connectivity index (χ1v) is 6.86. The van der Waals surface area contributed by atoms with Gasteiger partial charge < -0.3 is 4.74 Å². The van der Waals surface area contributed by atoms with Crippen molar-refractivity contribution >= 4 is 11.8 Å². The summed E-state index contributed by atoms with van der Waals surface area (Å²) in [5.41, 5.74) is 3.30. The fraction of sp³-hybridized carbons (Fsp3) is 0.353. The maximum absolute atomic E-state index is 11.5. The molecular weight excluding hydrogens is 250 g/mol. The van der Waals surface area contributed by atoms with Crippen molar-refractivity contribution in [2.24, 2.45) is 0 Å². The van der Waals surface area contributed by atoms with E-state index in [1.165, 1.54) is 11.1 Å². The van der Waals surface area contributed by atoms with Crippen molar-refractivity contribution < 1.29 is 9.53 Å². The third-order valence-electron chi connectivity index (χ3n) is 2.76. The van der Waals surface area contributed by atoms with Gasteiger partial charge in [0.25, 0.3) is 0 Å². The number of benzene rings is 1. The summed E-state index contributed by atoms with van der Waals surface area (Å²) >= 11 is 0. The zero-order valence-corrected chi connectivity index (χ0v) is 12.5. The van der Waals surface area contributed by atoms with E-state index in [9.17, 15) is 4.79 Å². The van der Waals surface area contributed by atoms with Gasteiger partial charge in [0, 0.05) is 5.69 Å². The van der Waals surface area contributed by atoms with E-state index < -0.39 is 6.09 Å². The van der Waals surface area contributed by atoms with Crippen LogP contribution >= 0.6 is 0 Å². The van der Waals surface area contributed by atoms with Crippen LogP contribution in [0.5, 0.6) is 0 Å². The number of allylic oxidation sites excluding steroid dienone is 3. The molecule has 0 aliphatic carbocycles. The molecule has 0 atom stereocenters. The molecule has 20 heavy (non-hydrogen) atoms. The zero-order chi connectivity index (χ0) is 14.8. The van der Waals surface area contributed by atoms with E-state index in [1.54, 1.807) is 0 Å². The van der Waals surface area contributed by atoms with Crippen LogP contribution in [0.4, 0.5) is 10.5 Å². The predicted molar refractivity (Wildman–Crippen MR) is 83.8 cm³/mol. The molecule has 0 spiro atoms. The van der Waals surface area contributed by atoms with Crippen molar-refractivity contribution in [1.29, 1.82) is 0 Å². The highest BCUT2D eigenvalue weighted by Crippen LogP contribution is 2.07. The largest absolute Gasteiger partial charge is 0.445 e. The maximum Gasteiger partial charge on any atom is 0.411 e. The number of hydrogen-bond acceptors (Lipinski definition) is 2. The molecule has 0 aliphatic rings. The highest BCUT2D eigenvalue weighted by molar-refractivity contribution is 5.84. The van der Waals surface area contributed by atoms with Gasteiger partial charge in [0.1, 0.15) is 6.61 Å². The number of carbonyl (C=O) groups is 1. The van der Waals surface area contributed by atoms with Crippen LogP contribution in [-0.4, -0.2) is 12.7 Å². The highest BCUT2D eigenvalue weighted by Gasteiger charge is 2.00. The third kappa shape index (κ3) is 7.41. The first-order valence-electron chi connectivity index (χ1n) is 6.86. The highest BCUT2D eigenvalue weighted by atomic mass is 16.5. The number of rotatable bonds is 6. The minimum atomic E-state index is -0.426. The Hall–Kier alpha value is -2.03. The lowest BCUT2D eigenvalue weighted by Gasteiger charge is -2.05. The molecule has 0 unspecified atom stereocenters. The number of para-hydroxylation sites is 1. The van der Waals surface area contributed by atoms with Gasteiger partial charge in [-0.25, -0.2) is 4.79 Å². The number of anilines is 1. The van der Waals surface area contributed by atoms with E-state index in [0.29, 0.717) is 6.61 Å². The number of nitrogens with one attached hydrogen (secondary N) is 1. The van der Waals surface area contributed by atoms with Crippen molar-refractivity contribution in [3.8, 4) is 0 Å². The van der Waals surface area contributed by atoms with Gasteiger partial charge in [-0.05, 0) is 51.8 Å². The average molecular weight is 273 g/mol. The number of amides is 1. The topological polar surface area (TPSA) is 38.3 Å². The minimum absolute atomic E-state index is 0.305. The fourth-order valence-electron chi connectivity index (χ4n) is 1.63. The Morgan fingerprint density at radius 1 is 1.15 bits per heavy atom. The van der Waals surface area contributed by atoms with Gasteiger partial charge in [-0.15, -0.1) is 0 Å². The van der Waals surface area contributed by atoms with Crippen molar-refractivity contribution in [3.05, 3.63) is 53.6 Å². The second-order valence-electron chi connectivity index (χ2n) is 4.96. The molecular formula is C17H23NO2. The molecule has 1 amide bonds. The molecule has 108 valence electrons. The summed E-state index contributed by atoms with van der Waals surface area (Å²) in [6.45, 7) is 6.54. The molecule has 3 heteroatoms. The first-order chi connectivity index (χ1) is 9.58. The zero-order valence-electron chi connectivity index (χ0n) is 12.5. The van der Waals surface area contributed by atoms with Crippen LogP contribution < -0.4 is 5.32 Å². The number of carbonyl (C=O) groups excluding carboxylic acids is 1. The normalized spacial score (nSPS) is 10.8. The molecule has 0 saturated heterocycles. The quantitative estimate of drug-likeness (QED) is 0.746. The number of ether oxygens (including phenoxy) is 1. The summed E-state index contributed by atoms with van der Waals surface area (Å²) in [6, 6.07) is 9.27. The molecule has 1 N–H and O–H groups in total. The van der Waals surface area contributed by atoms with Crippen LogP contribution in [0.25, 0.3) is 0 Å². The average Bonchev–Trinajstić information content (AvgIpc) is 2.39. The van der Waals surface area contributed by atoms with E-state index in [-0.39, 0.29) is 0 Å². The second kappa shape index (κ2) is 8.97. The van der Waals surface area contributed by atoms with Crippen LogP contribution in [0.1, 0.15) is 33.6 Å². The van der Waals surface area contributed by atoms with E-state index in [2.05, 4.69) is 32.2 Å². The molecule has 0 fully saturated rings. The Morgan fingerprint density at radius 3 is 2.50 bits per heavy atom. The molecule has 0 bridgehead atoms. The van der Waals surface area contributed by atoms with Gasteiger partial charge in [0.05, 0.1) is 0 Å². The lowest BCUT2D eigenvalue weighted by molar-refractivity contribution is 0.174.